The first-order valence-electron chi connectivity index (χ1n) is 2.93. The van der Waals surface area contributed by atoms with Crippen LogP contribution >= 0.6 is 0 Å². The van der Waals surface area contributed by atoms with Gasteiger partial charge in [-0.1, -0.05) is 25.9 Å². The third-order valence-electron chi connectivity index (χ3n) is 1.20. The molecule has 1 aromatic heterocycles. The van der Waals surface area contributed by atoms with Crippen LogP contribution in [0.2, 0.25) is 0 Å². The second kappa shape index (κ2) is 1.87. The van der Waals surface area contributed by atoms with E-state index in [0.717, 1.165) is 5.56 Å². The highest BCUT2D eigenvalue weighted by atomic mass is 16.5. The van der Waals surface area contributed by atoms with Crippen molar-refractivity contribution in [2.45, 2.75) is 26.2 Å². The van der Waals surface area contributed by atoms with Crippen LogP contribution in [0.4, 0.5) is 0 Å². The van der Waals surface area contributed by atoms with E-state index < -0.39 is 0 Å². The molecule has 0 aliphatic rings. The normalized spacial score (nSPS) is 11.9. The van der Waals surface area contributed by atoms with Crippen LogP contribution in [0, 0.1) is 6.20 Å². The van der Waals surface area contributed by atoms with Crippen LogP contribution in [0.25, 0.3) is 0 Å². The van der Waals surface area contributed by atoms with Gasteiger partial charge in [0.2, 0.25) is 0 Å². The number of nitrogens with zero attached hydrogens (tertiary/aromatic N) is 1. The second-order valence-corrected chi connectivity index (χ2v) is 3.09. The van der Waals surface area contributed by atoms with E-state index >= 15 is 0 Å². The molecule has 0 aromatic carbocycles. The lowest BCUT2D eigenvalue weighted by molar-refractivity contribution is 0.415. The van der Waals surface area contributed by atoms with E-state index in [2.05, 4.69) is 36.6 Å². The first kappa shape index (κ1) is 6.33. The molecule has 0 atom stereocenters. The average molecular weight is 124 g/mol. The van der Waals surface area contributed by atoms with Gasteiger partial charge in [0.05, 0.1) is 0 Å². The second-order valence-electron chi connectivity index (χ2n) is 3.09. The van der Waals surface area contributed by atoms with E-state index in [1.165, 1.54) is 0 Å². The molecule has 0 bridgehead atoms. The minimum Gasteiger partial charge on any atom is -0.364 e. The summed E-state index contributed by atoms with van der Waals surface area (Å²) in [6.07, 6.45) is 4.39. The van der Waals surface area contributed by atoms with Crippen molar-refractivity contribution < 1.29 is 4.52 Å². The molecule has 0 unspecified atom stereocenters. The van der Waals surface area contributed by atoms with Crippen molar-refractivity contribution in [1.29, 1.82) is 0 Å². The van der Waals surface area contributed by atoms with E-state index in [1.54, 1.807) is 6.26 Å². The fourth-order valence-electron chi connectivity index (χ4n) is 0.525. The lowest BCUT2D eigenvalue weighted by atomic mass is 9.90. The fourth-order valence-corrected chi connectivity index (χ4v) is 0.525. The Labute approximate surface area is 54.9 Å². The molecule has 0 fully saturated rings. The maximum Gasteiger partial charge on any atom is 0.139 e. The molecule has 1 radical (unpaired) electrons. The lowest BCUT2D eigenvalue weighted by Gasteiger charge is -2.13. The highest BCUT2D eigenvalue weighted by Gasteiger charge is 2.15. The van der Waals surface area contributed by atoms with Gasteiger partial charge in [0, 0.05) is 5.56 Å². The van der Waals surface area contributed by atoms with Crippen molar-refractivity contribution in [3.8, 4) is 0 Å². The van der Waals surface area contributed by atoms with Crippen LogP contribution in [-0.4, -0.2) is 5.16 Å². The third kappa shape index (κ3) is 1.31. The van der Waals surface area contributed by atoms with Crippen LogP contribution in [0.15, 0.2) is 10.8 Å². The molecular weight excluding hydrogens is 114 g/mol. The summed E-state index contributed by atoms with van der Waals surface area (Å²) in [5.41, 5.74) is 1.13. The summed E-state index contributed by atoms with van der Waals surface area (Å²) in [5, 5.41) is 3.49. The molecule has 0 aliphatic carbocycles. The van der Waals surface area contributed by atoms with Crippen molar-refractivity contribution in [3.05, 3.63) is 18.0 Å². The van der Waals surface area contributed by atoms with Crippen LogP contribution < -0.4 is 0 Å². The Hall–Kier alpha value is -0.790. The van der Waals surface area contributed by atoms with Crippen molar-refractivity contribution in [1.82, 2.24) is 5.16 Å². The molecule has 0 N–H and O–H groups in total. The maximum atomic E-state index is 4.64. The molecule has 0 amide bonds. The fraction of sp³-hybridized carbons (Fsp3) is 0.571. The summed E-state index contributed by atoms with van der Waals surface area (Å²) in [6, 6.07) is 0. The molecule has 9 heavy (non-hydrogen) atoms. The average Bonchev–Trinajstić information content (AvgIpc) is 2.08. The van der Waals surface area contributed by atoms with E-state index in [9.17, 15) is 0 Å². The van der Waals surface area contributed by atoms with Gasteiger partial charge in [-0.2, -0.15) is 0 Å². The standard InChI is InChI=1S/C7H10NO/c1-7(2,3)6-4-8-9-5-6/h5H,1-3H3. The van der Waals surface area contributed by atoms with Gasteiger partial charge in [-0.3, -0.25) is 0 Å². The van der Waals surface area contributed by atoms with E-state index in [-0.39, 0.29) is 5.41 Å². The number of hydrogen-bond acceptors (Lipinski definition) is 2. The summed E-state index contributed by atoms with van der Waals surface area (Å²) in [6.45, 7) is 6.28. The Morgan fingerprint density at radius 2 is 2.22 bits per heavy atom. The molecule has 49 valence electrons. The first-order valence-corrected chi connectivity index (χ1v) is 2.93. The van der Waals surface area contributed by atoms with Gasteiger partial charge in [-0.25, -0.2) is 0 Å². The Morgan fingerprint density at radius 1 is 1.56 bits per heavy atom. The first-order chi connectivity index (χ1) is 4.11. The van der Waals surface area contributed by atoms with Crippen LogP contribution in [0.5, 0.6) is 0 Å². The minimum atomic E-state index is 0.111. The molecule has 0 aliphatic heterocycles. The zero-order valence-corrected chi connectivity index (χ0v) is 5.93. The van der Waals surface area contributed by atoms with Crippen molar-refractivity contribution >= 4 is 0 Å². The summed E-state index contributed by atoms with van der Waals surface area (Å²) in [4.78, 5) is 0. The van der Waals surface area contributed by atoms with E-state index in [0.29, 0.717) is 0 Å². The molecule has 0 saturated heterocycles. The topological polar surface area (TPSA) is 26.0 Å². The van der Waals surface area contributed by atoms with Gasteiger partial charge in [0.25, 0.3) is 0 Å². The van der Waals surface area contributed by atoms with Crippen molar-refractivity contribution in [3.63, 3.8) is 0 Å². The highest BCUT2D eigenvalue weighted by Crippen LogP contribution is 2.19. The third-order valence-corrected chi connectivity index (χ3v) is 1.20. The lowest BCUT2D eigenvalue weighted by Crippen LogP contribution is -2.09. The molecule has 0 spiro atoms. The molecule has 1 rings (SSSR count). The number of rotatable bonds is 0. The molecule has 1 heterocycles. The van der Waals surface area contributed by atoms with Gasteiger partial charge < -0.3 is 4.52 Å². The van der Waals surface area contributed by atoms with Crippen molar-refractivity contribution in [2.75, 3.05) is 0 Å². The Morgan fingerprint density at radius 3 is 2.44 bits per heavy atom. The minimum absolute atomic E-state index is 0.111. The van der Waals surface area contributed by atoms with E-state index in [4.69, 9.17) is 0 Å². The number of hydrogen-bond donors (Lipinski definition) is 0. The van der Waals surface area contributed by atoms with Crippen LogP contribution in [-0.2, 0) is 5.41 Å². The molecule has 2 nitrogen and oxygen atoms in total. The van der Waals surface area contributed by atoms with Gasteiger partial charge in [0.15, 0.2) is 0 Å². The largest absolute Gasteiger partial charge is 0.364 e. The summed E-state index contributed by atoms with van der Waals surface area (Å²) in [5.74, 6) is 0. The smallest absolute Gasteiger partial charge is 0.139 e. The summed E-state index contributed by atoms with van der Waals surface area (Å²) in [7, 11) is 0. The molecule has 1 aromatic rings. The predicted molar refractivity (Wildman–Crippen MR) is 34.0 cm³/mol. The summed E-state index contributed by atoms with van der Waals surface area (Å²) >= 11 is 0. The monoisotopic (exact) mass is 124 g/mol. The molecular formula is C7H10NO. The zero-order chi connectivity index (χ0) is 6.91. The van der Waals surface area contributed by atoms with Crippen LogP contribution in [0.3, 0.4) is 0 Å². The van der Waals surface area contributed by atoms with Crippen LogP contribution in [0.1, 0.15) is 26.3 Å². The highest BCUT2D eigenvalue weighted by molar-refractivity contribution is 5.10. The van der Waals surface area contributed by atoms with Gasteiger partial charge >= 0.3 is 0 Å². The number of aromatic nitrogens is 1. The Balaban J connectivity index is 2.90. The predicted octanol–water partition coefficient (Wildman–Crippen LogP) is 1.77. The van der Waals surface area contributed by atoms with Gasteiger partial charge in [-0.05, 0) is 5.41 Å². The zero-order valence-electron chi connectivity index (χ0n) is 5.93. The molecule has 0 saturated carbocycles. The SMILES string of the molecule is CC(C)(C)c1[c]noc1. The van der Waals surface area contributed by atoms with Crippen molar-refractivity contribution in [2.24, 2.45) is 0 Å². The Bertz CT molecular complexity index is 171. The van der Waals surface area contributed by atoms with Gasteiger partial charge in [-0.15, -0.1) is 0 Å². The van der Waals surface area contributed by atoms with E-state index in [1.807, 2.05) is 0 Å². The molecule has 2 heteroatoms. The summed E-state index contributed by atoms with van der Waals surface area (Å²) < 4.78 is 4.64. The quantitative estimate of drug-likeness (QED) is 0.526. The van der Waals surface area contributed by atoms with Gasteiger partial charge in [0.1, 0.15) is 12.5 Å². The Kier molecular flexibility index (Phi) is 1.31. The maximum absolute atomic E-state index is 4.64.